The van der Waals surface area contributed by atoms with Crippen molar-refractivity contribution in [3.63, 3.8) is 0 Å². The molecule has 4 aromatic carbocycles. The van der Waals surface area contributed by atoms with Gasteiger partial charge in [0.05, 0.1) is 17.7 Å². The van der Waals surface area contributed by atoms with Crippen LogP contribution in [-0.2, 0) is 10.9 Å². The summed E-state index contributed by atoms with van der Waals surface area (Å²) in [5.41, 5.74) is 4.48. The first kappa shape index (κ1) is 27.9. The van der Waals surface area contributed by atoms with Crippen molar-refractivity contribution in [1.82, 2.24) is 4.90 Å². The fraction of sp³-hybridized carbons (Fsp3) is 0.324. The molecule has 1 aliphatic heterocycles. The molecule has 0 bridgehead atoms. The van der Waals surface area contributed by atoms with Gasteiger partial charge in [-0.3, -0.25) is 0 Å². The van der Waals surface area contributed by atoms with Crippen molar-refractivity contribution in [3.8, 4) is 22.3 Å². The highest BCUT2D eigenvalue weighted by molar-refractivity contribution is 6.04. The van der Waals surface area contributed by atoms with Crippen LogP contribution in [0.2, 0.25) is 0 Å². The van der Waals surface area contributed by atoms with Gasteiger partial charge in [0.15, 0.2) is 0 Å². The van der Waals surface area contributed by atoms with E-state index in [1.807, 2.05) is 24.3 Å². The Hall–Kier alpha value is -3.64. The zero-order chi connectivity index (χ0) is 28.3. The highest BCUT2D eigenvalue weighted by atomic mass is 19.4. The van der Waals surface area contributed by atoms with Gasteiger partial charge in [0, 0.05) is 0 Å². The van der Waals surface area contributed by atoms with Gasteiger partial charge in [0.25, 0.3) is 0 Å². The van der Waals surface area contributed by atoms with Crippen molar-refractivity contribution in [2.24, 2.45) is 0 Å². The molecule has 1 saturated heterocycles. The molecule has 0 atom stereocenters. The predicted octanol–water partition coefficient (Wildman–Crippen LogP) is 8.96. The first-order chi connectivity index (χ1) is 19.3. The van der Waals surface area contributed by atoms with E-state index in [0.717, 1.165) is 72.1 Å². The number of alkyl halides is 3. The van der Waals surface area contributed by atoms with Gasteiger partial charge in [-0.2, -0.15) is 13.2 Å². The van der Waals surface area contributed by atoms with Crippen LogP contribution >= 0.6 is 0 Å². The number of hydrogen-bond donors (Lipinski definition) is 0. The third kappa shape index (κ3) is 6.07. The minimum absolute atomic E-state index is 0.267. The monoisotopic (exact) mass is 545 g/mol. The number of rotatable bonds is 7. The third-order valence-corrected chi connectivity index (χ3v) is 7.83. The second kappa shape index (κ2) is 11.8. The molecule has 0 N–H and O–H groups in total. The fourth-order valence-corrected chi connectivity index (χ4v) is 5.71. The third-order valence-electron chi connectivity index (χ3n) is 7.83. The molecule has 0 aliphatic carbocycles. The lowest BCUT2D eigenvalue weighted by atomic mass is 9.87. The molecule has 5 rings (SSSR count). The van der Waals surface area contributed by atoms with E-state index in [9.17, 15) is 18.0 Å². The number of carbonyl (C=O) groups is 1. The summed E-state index contributed by atoms with van der Waals surface area (Å²) >= 11 is 0. The van der Waals surface area contributed by atoms with Gasteiger partial charge in [0.1, 0.15) is 0 Å². The van der Waals surface area contributed by atoms with E-state index < -0.39 is 17.7 Å². The van der Waals surface area contributed by atoms with Crippen LogP contribution in [0.3, 0.4) is 0 Å². The highest BCUT2D eigenvalue weighted by Crippen LogP contribution is 2.36. The molecule has 0 radical (unpaired) electrons. The van der Waals surface area contributed by atoms with Crippen LogP contribution in [0.25, 0.3) is 33.0 Å². The molecule has 208 valence electrons. The Morgan fingerprint density at radius 3 is 2.12 bits per heavy atom. The zero-order valence-electron chi connectivity index (χ0n) is 22.9. The predicted molar refractivity (Wildman–Crippen MR) is 154 cm³/mol. The Balaban J connectivity index is 1.49. The number of halogens is 3. The van der Waals surface area contributed by atoms with Crippen LogP contribution in [-0.4, -0.2) is 37.1 Å². The molecule has 0 unspecified atom stereocenters. The molecular weight excluding hydrogens is 511 g/mol. The summed E-state index contributed by atoms with van der Waals surface area (Å²) in [6, 6.07) is 23.3. The maximum atomic E-state index is 13.0. The smallest absolute Gasteiger partial charge is 0.416 e. The number of carbonyl (C=O) groups excluding carboxylic acids is 1. The van der Waals surface area contributed by atoms with Crippen molar-refractivity contribution in [2.45, 2.75) is 45.2 Å². The number of likely N-dealkylation sites (tertiary alicyclic amines) is 1. The van der Waals surface area contributed by atoms with Gasteiger partial charge < -0.3 is 9.64 Å². The van der Waals surface area contributed by atoms with Crippen LogP contribution < -0.4 is 0 Å². The molecule has 1 heterocycles. The Morgan fingerprint density at radius 1 is 0.850 bits per heavy atom. The summed E-state index contributed by atoms with van der Waals surface area (Å²) < 4.78 is 44.4. The van der Waals surface area contributed by atoms with Gasteiger partial charge in [0.2, 0.25) is 0 Å². The van der Waals surface area contributed by atoms with E-state index in [0.29, 0.717) is 17.0 Å². The van der Waals surface area contributed by atoms with E-state index in [1.54, 1.807) is 13.0 Å². The molecule has 0 saturated carbocycles. The molecule has 1 fully saturated rings. The second-order valence-corrected chi connectivity index (χ2v) is 10.5. The molecule has 6 heteroatoms. The van der Waals surface area contributed by atoms with Crippen molar-refractivity contribution in [3.05, 3.63) is 95.6 Å². The van der Waals surface area contributed by atoms with Crippen LogP contribution in [0.15, 0.2) is 78.9 Å². The summed E-state index contributed by atoms with van der Waals surface area (Å²) in [6.45, 7) is 7.69. The molecule has 4 aromatic rings. The van der Waals surface area contributed by atoms with E-state index in [4.69, 9.17) is 4.74 Å². The second-order valence-electron chi connectivity index (χ2n) is 10.5. The summed E-state index contributed by atoms with van der Waals surface area (Å²) in [5.74, 6) is 0.150. The lowest BCUT2D eigenvalue weighted by Crippen LogP contribution is -2.33. The number of ether oxygens (including phenoxy) is 1. The van der Waals surface area contributed by atoms with Crippen molar-refractivity contribution in [2.75, 3.05) is 26.2 Å². The standard InChI is InChI=1S/C34H34F3NO2/c1-3-17-38-18-15-25(16-19-38)23-5-7-26(8-6-23)32-22-29(33(39)40-4-2)21-28-20-27(11-14-31(28)32)24-9-12-30(13-10-24)34(35,36)37/h5-14,20-22,25H,3-4,15-19H2,1-2H3. The summed E-state index contributed by atoms with van der Waals surface area (Å²) in [6.07, 6.45) is -0.877. The zero-order valence-corrected chi connectivity index (χ0v) is 22.9. The van der Waals surface area contributed by atoms with E-state index >= 15 is 0 Å². The number of benzene rings is 4. The normalized spacial score (nSPS) is 14.9. The number of esters is 1. The van der Waals surface area contributed by atoms with Gasteiger partial charge in [-0.1, -0.05) is 55.5 Å². The Labute approximate surface area is 233 Å². The highest BCUT2D eigenvalue weighted by Gasteiger charge is 2.30. The van der Waals surface area contributed by atoms with Gasteiger partial charge >= 0.3 is 12.1 Å². The molecule has 3 nitrogen and oxygen atoms in total. The Bertz CT molecular complexity index is 1470. The summed E-state index contributed by atoms with van der Waals surface area (Å²) in [7, 11) is 0. The largest absolute Gasteiger partial charge is 0.462 e. The fourth-order valence-electron chi connectivity index (χ4n) is 5.71. The van der Waals surface area contributed by atoms with E-state index in [1.165, 1.54) is 24.1 Å². The SMILES string of the molecule is CCCN1CCC(c2ccc(-c3cc(C(=O)OCC)cc4cc(-c5ccc(C(F)(F)F)cc5)ccc34)cc2)CC1. The van der Waals surface area contributed by atoms with Crippen LogP contribution in [0.1, 0.15) is 60.5 Å². The minimum atomic E-state index is -4.38. The Kier molecular flexibility index (Phi) is 8.27. The number of piperidine rings is 1. The molecule has 0 aromatic heterocycles. The number of hydrogen-bond acceptors (Lipinski definition) is 3. The maximum absolute atomic E-state index is 13.0. The first-order valence-corrected chi connectivity index (χ1v) is 14.0. The lowest BCUT2D eigenvalue weighted by molar-refractivity contribution is -0.137. The lowest BCUT2D eigenvalue weighted by Gasteiger charge is -2.32. The molecule has 0 amide bonds. The first-order valence-electron chi connectivity index (χ1n) is 14.0. The number of fused-ring (bicyclic) bond motifs is 1. The summed E-state index contributed by atoms with van der Waals surface area (Å²) in [5, 5.41) is 1.79. The average Bonchev–Trinajstić information content (AvgIpc) is 2.97. The topological polar surface area (TPSA) is 29.5 Å². The van der Waals surface area contributed by atoms with Gasteiger partial charge in [-0.05, 0) is 121 Å². The maximum Gasteiger partial charge on any atom is 0.416 e. The summed E-state index contributed by atoms with van der Waals surface area (Å²) in [4.78, 5) is 15.3. The minimum Gasteiger partial charge on any atom is -0.462 e. The van der Waals surface area contributed by atoms with Gasteiger partial charge in [-0.25, -0.2) is 4.79 Å². The van der Waals surface area contributed by atoms with Crippen molar-refractivity contribution >= 4 is 16.7 Å². The van der Waals surface area contributed by atoms with Crippen LogP contribution in [0, 0.1) is 0 Å². The van der Waals surface area contributed by atoms with Gasteiger partial charge in [-0.15, -0.1) is 0 Å². The van der Waals surface area contributed by atoms with Crippen LogP contribution in [0.5, 0.6) is 0 Å². The average molecular weight is 546 g/mol. The molecule has 1 aliphatic rings. The van der Waals surface area contributed by atoms with Crippen molar-refractivity contribution < 1.29 is 22.7 Å². The Morgan fingerprint density at radius 2 is 1.50 bits per heavy atom. The molecule has 40 heavy (non-hydrogen) atoms. The van der Waals surface area contributed by atoms with Crippen molar-refractivity contribution in [1.29, 1.82) is 0 Å². The molecular formula is C34H34F3NO2. The van der Waals surface area contributed by atoms with Crippen LogP contribution in [0.4, 0.5) is 13.2 Å². The van der Waals surface area contributed by atoms with E-state index in [2.05, 4.69) is 36.1 Å². The number of nitrogens with zero attached hydrogens (tertiary/aromatic N) is 1. The van der Waals surface area contributed by atoms with E-state index in [-0.39, 0.29) is 6.61 Å². The molecule has 0 spiro atoms. The quantitative estimate of drug-likeness (QED) is 0.217.